The van der Waals surface area contributed by atoms with Crippen LogP contribution in [0.25, 0.3) is 23.2 Å². The first-order chi connectivity index (χ1) is 18.4. The summed E-state index contributed by atoms with van der Waals surface area (Å²) >= 11 is 0. The summed E-state index contributed by atoms with van der Waals surface area (Å²) < 4.78 is 39.4. The highest BCUT2D eigenvalue weighted by atomic mass is 19.4. The van der Waals surface area contributed by atoms with E-state index in [-0.39, 0.29) is 0 Å². The number of aryl methyl sites for hydroxylation is 1. The number of anilines is 1. The van der Waals surface area contributed by atoms with Gasteiger partial charge >= 0.3 is 12.1 Å². The van der Waals surface area contributed by atoms with Crippen molar-refractivity contribution in [1.29, 1.82) is 0 Å². The number of hydrogen-bond donors (Lipinski definition) is 1. The molecular weight excluding hydrogens is 515 g/mol. The molecule has 0 spiro atoms. The lowest BCUT2D eigenvalue weighted by molar-refractivity contribution is -0.192. The first-order valence-corrected chi connectivity index (χ1v) is 12.2. The number of pyridine rings is 1. The summed E-state index contributed by atoms with van der Waals surface area (Å²) in [5.41, 5.74) is 2.42. The van der Waals surface area contributed by atoms with E-state index in [9.17, 15) is 13.2 Å². The number of benzene rings is 1. The van der Waals surface area contributed by atoms with Crippen LogP contribution in [0, 0.1) is 12.3 Å². The smallest absolute Gasteiger partial charge is 0.475 e. The molecule has 3 aromatic heterocycles. The van der Waals surface area contributed by atoms with Crippen molar-refractivity contribution in [3.8, 4) is 23.2 Å². The Kier molecular flexibility index (Phi) is 7.98. The van der Waals surface area contributed by atoms with Gasteiger partial charge in [0.1, 0.15) is 11.6 Å². The number of carboxylic acids is 1. The topological polar surface area (TPSA) is 123 Å². The van der Waals surface area contributed by atoms with Crippen molar-refractivity contribution in [1.82, 2.24) is 29.9 Å². The van der Waals surface area contributed by atoms with Crippen molar-refractivity contribution < 1.29 is 27.5 Å². The zero-order valence-electron chi connectivity index (χ0n) is 21.7. The Labute approximate surface area is 222 Å². The fourth-order valence-electron chi connectivity index (χ4n) is 3.92. The molecule has 0 bridgehead atoms. The van der Waals surface area contributed by atoms with Crippen LogP contribution in [0.15, 0.2) is 53.1 Å². The highest BCUT2D eigenvalue weighted by Crippen LogP contribution is 2.31. The molecule has 0 unspecified atom stereocenters. The fraction of sp³-hybridized carbons (Fsp3) is 0.385. The fourth-order valence-corrected chi connectivity index (χ4v) is 3.92. The largest absolute Gasteiger partial charge is 0.490 e. The van der Waals surface area contributed by atoms with Crippen LogP contribution in [0.4, 0.5) is 19.0 Å². The Balaban J connectivity index is 0.000000448. The van der Waals surface area contributed by atoms with Crippen LogP contribution in [-0.2, 0) is 11.3 Å². The first-order valence-electron chi connectivity index (χ1n) is 12.2. The minimum atomic E-state index is -5.08. The summed E-state index contributed by atoms with van der Waals surface area (Å²) in [7, 11) is 0. The van der Waals surface area contributed by atoms with Gasteiger partial charge in [0.15, 0.2) is 0 Å². The van der Waals surface area contributed by atoms with Crippen molar-refractivity contribution in [3.63, 3.8) is 0 Å². The molecule has 1 aliphatic heterocycles. The summed E-state index contributed by atoms with van der Waals surface area (Å²) in [5, 5.41) is 20.0. The molecule has 206 valence electrons. The molecule has 10 nitrogen and oxygen atoms in total. The molecule has 1 aromatic carbocycles. The first kappa shape index (κ1) is 27.7. The number of aromatic nitrogens is 6. The van der Waals surface area contributed by atoms with Crippen molar-refractivity contribution in [2.45, 2.75) is 46.3 Å². The maximum Gasteiger partial charge on any atom is 0.490 e. The Bertz CT molecular complexity index is 1410. The molecular formula is C26H28F3N7O3. The van der Waals surface area contributed by atoms with Crippen LogP contribution in [0.1, 0.15) is 38.1 Å². The van der Waals surface area contributed by atoms with Gasteiger partial charge in [0.2, 0.25) is 11.7 Å². The molecule has 0 aliphatic carbocycles. The summed E-state index contributed by atoms with van der Waals surface area (Å²) in [5.74, 6) is 0.269. The van der Waals surface area contributed by atoms with Crippen molar-refractivity contribution in [2.75, 3.05) is 18.0 Å². The average molecular weight is 544 g/mol. The van der Waals surface area contributed by atoms with Gasteiger partial charge in [-0.25, -0.2) is 19.4 Å². The third kappa shape index (κ3) is 7.18. The number of hydrogen-bond acceptors (Lipinski definition) is 8. The Morgan fingerprint density at radius 2 is 1.72 bits per heavy atom. The van der Waals surface area contributed by atoms with E-state index in [1.54, 1.807) is 0 Å². The van der Waals surface area contributed by atoms with Crippen LogP contribution in [0.3, 0.4) is 0 Å². The van der Waals surface area contributed by atoms with Crippen LogP contribution < -0.4 is 4.90 Å². The maximum atomic E-state index is 10.6. The predicted molar refractivity (Wildman–Crippen MR) is 136 cm³/mol. The molecule has 39 heavy (non-hydrogen) atoms. The molecule has 1 N–H and O–H groups in total. The molecule has 0 saturated carbocycles. The van der Waals surface area contributed by atoms with E-state index in [1.165, 1.54) is 12.8 Å². The molecule has 5 rings (SSSR count). The molecule has 0 radical (unpaired) electrons. The van der Waals surface area contributed by atoms with E-state index >= 15 is 0 Å². The predicted octanol–water partition coefficient (Wildman–Crippen LogP) is 5.01. The average Bonchev–Trinajstić information content (AvgIpc) is 3.52. The highest BCUT2D eigenvalue weighted by molar-refractivity contribution is 5.73. The van der Waals surface area contributed by atoms with Crippen molar-refractivity contribution >= 4 is 11.8 Å². The molecule has 0 amide bonds. The lowest BCUT2D eigenvalue weighted by Gasteiger charge is -2.37. The molecule has 1 saturated heterocycles. The minimum Gasteiger partial charge on any atom is -0.475 e. The highest BCUT2D eigenvalue weighted by Gasteiger charge is 2.38. The van der Waals surface area contributed by atoms with Gasteiger partial charge in [0.25, 0.3) is 5.89 Å². The van der Waals surface area contributed by atoms with Gasteiger partial charge in [-0.3, -0.25) is 0 Å². The van der Waals surface area contributed by atoms with Gasteiger partial charge in [-0.1, -0.05) is 32.0 Å². The lowest BCUT2D eigenvalue weighted by Crippen LogP contribution is -2.37. The van der Waals surface area contributed by atoms with E-state index in [0.29, 0.717) is 29.6 Å². The van der Waals surface area contributed by atoms with Crippen molar-refractivity contribution in [3.05, 3.63) is 60.0 Å². The third-order valence-corrected chi connectivity index (χ3v) is 6.32. The number of piperidine rings is 1. The molecule has 4 aromatic rings. The second-order valence-electron chi connectivity index (χ2n) is 9.90. The number of aliphatic carboxylic acids is 1. The van der Waals surface area contributed by atoms with E-state index in [4.69, 9.17) is 14.3 Å². The van der Waals surface area contributed by atoms with E-state index < -0.39 is 12.1 Å². The maximum absolute atomic E-state index is 10.6. The molecule has 0 atom stereocenters. The third-order valence-electron chi connectivity index (χ3n) is 6.32. The number of carboxylic acid groups (broad SMARTS) is 1. The molecule has 1 aliphatic rings. The van der Waals surface area contributed by atoms with E-state index in [0.717, 1.165) is 35.9 Å². The van der Waals surface area contributed by atoms with Gasteiger partial charge in [0.05, 0.1) is 6.54 Å². The van der Waals surface area contributed by atoms with Gasteiger partial charge in [0, 0.05) is 24.8 Å². The second kappa shape index (κ2) is 11.2. The zero-order valence-corrected chi connectivity index (χ0v) is 21.7. The Morgan fingerprint density at radius 3 is 2.36 bits per heavy atom. The number of halogens is 3. The number of nitrogens with zero attached hydrogens (tertiary/aromatic N) is 7. The van der Waals surface area contributed by atoms with Gasteiger partial charge in [-0.05, 0) is 55.0 Å². The number of carbonyl (C=O) groups is 1. The number of alkyl halides is 3. The quantitative estimate of drug-likeness (QED) is 0.370. The summed E-state index contributed by atoms with van der Waals surface area (Å²) in [6, 6.07) is 13.9. The summed E-state index contributed by atoms with van der Waals surface area (Å²) in [4.78, 5) is 20.4. The van der Waals surface area contributed by atoms with Crippen LogP contribution in [-0.4, -0.2) is 60.3 Å². The van der Waals surface area contributed by atoms with Crippen LogP contribution in [0.5, 0.6) is 0 Å². The summed E-state index contributed by atoms with van der Waals surface area (Å²) in [6.07, 6.45) is -0.846. The normalized spacial score (nSPS) is 15.0. The van der Waals surface area contributed by atoms with Crippen molar-refractivity contribution in [2.24, 2.45) is 5.41 Å². The number of rotatable bonds is 5. The van der Waals surface area contributed by atoms with E-state index in [2.05, 4.69) is 50.1 Å². The molecule has 4 heterocycles. The van der Waals surface area contributed by atoms with Crippen LogP contribution >= 0.6 is 0 Å². The lowest BCUT2D eigenvalue weighted by atomic mass is 9.83. The molecule has 13 heteroatoms. The van der Waals surface area contributed by atoms with Gasteiger partial charge < -0.3 is 14.4 Å². The zero-order chi connectivity index (χ0) is 28.2. The van der Waals surface area contributed by atoms with Crippen LogP contribution in [0.2, 0.25) is 0 Å². The van der Waals surface area contributed by atoms with E-state index in [1.807, 2.05) is 54.2 Å². The molecule has 1 fully saturated rings. The standard InChI is InChI=1S/C24H27N7O.C2HF3O2/c1-17-26-21(23-28-27-22(32-23)19-7-5-4-6-8-19)29-31(17)16-18-9-12-25-20(15-18)30-13-10-24(2,3)11-14-30;3-2(4,5)1(6)7/h4-9,12,15H,10-11,13-14,16H2,1-3H3;(H,6,7). The minimum absolute atomic E-state index is 0.317. The van der Waals surface area contributed by atoms with Gasteiger partial charge in [-0.15, -0.1) is 15.3 Å². The summed E-state index contributed by atoms with van der Waals surface area (Å²) in [6.45, 7) is 9.29. The van der Waals surface area contributed by atoms with Gasteiger partial charge in [-0.2, -0.15) is 13.2 Å². The SMILES string of the molecule is Cc1nc(-c2nnc(-c3ccccc3)o2)nn1Cc1ccnc(N2CCC(C)(C)CC2)c1.O=C(O)C(F)(F)F. The monoisotopic (exact) mass is 543 g/mol. The second-order valence-corrected chi connectivity index (χ2v) is 9.90. The Hall–Kier alpha value is -4.29. The Morgan fingerprint density at radius 1 is 1.08 bits per heavy atom.